The average molecular weight is 348 g/mol. The largest absolute Gasteiger partial charge is 0.383 e. The number of hydrogen-bond donors (Lipinski definition) is 2. The Morgan fingerprint density at radius 2 is 2.12 bits per heavy atom. The molecule has 2 N–H and O–H groups in total. The molecule has 0 aromatic carbocycles. The molecule has 7 nitrogen and oxygen atoms in total. The maximum atomic E-state index is 12.5. The monoisotopic (exact) mass is 348 g/mol. The summed E-state index contributed by atoms with van der Waals surface area (Å²) in [4.78, 5) is 24.3. The lowest BCUT2D eigenvalue weighted by Gasteiger charge is -2.05. The predicted molar refractivity (Wildman–Crippen MR) is 95.9 cm³/mol. The van der Waals surface area contributed by atoms with Crippen LogP contribution in [0.5, 0.6) is 0 Å². The Kier molecular flexibility index (Phi) is 6.00. The van der Waals surface area contributed by atoms with E-state index in [1.165, 1.54) is 10.3 Å². The van der Waals surface area contributed by atoms with E-state index >= 15 is 0 Å². The normalized spacial score (nSPS) is 20.7. The van der Waals surface area contributed by atoms with Crippen molar-refractivity contribution in [2.75, 3.05) is 25.6 Å². The Labute approximate surface area is 148 Å². The molecule has 0 unspecified atom stereocenters. The molecule has 1 aromatic rings. The number of carbonyl (C=O) groups excluding carboxylic acids is 2. The molecule has 2 atom stereocenters. The number of amides is 2. The number of methoxy groups -OCH3 is 1. The molecule has 1 aromatic heterocycles. The fourth-order valence-corrected chi connectivity index (χ4v) is 3.08. The van der Waals surface area contributed by atoms with Crippen LogP contribution < -0.4 is 10.6 Å². The number of nitrogens with zero attached hydrogens (tertiary/aromatic N) is 2. The highest BCUT2D eigenvalue weighted by Crippen LogP contribution is 2.59. The predicted octanol–water partition coefficient (Wildman–Crippen LogP) is 1.82. The van der Waals surface area contributed by atoms with Crippen LogP contribution in [-0.4, -0.2) is 41.9 Å². The minimum absolute atomic E-state index is 0.00315. The van der Waals surface area contributed by atoms with Gasteiger partial charge >= 0.3 is 0 Å². The molecule has 0 aliphatic heterocycles. The van der Waals surface area contributed by atoms with E-state index in [2.05, 4.69) is 35.7 Å². The molecule has 2 amide bonds. The second kappa shape index (κ2) is 7.82. The SMILES string of the molecule is COCCNC(=O)Cn1cc(NC(=O)[C@@H]2[C@H](C=C(C)C)C2(C)C)cn1. The first-order valence-electron chi connectivity index (χ1n) is 8.49. The average Bonchev–Trinajstić information content (AvgIpc) is 2.82. The zero-order valence-electron chi connectivity index (χ0n) is 15.6. The van der Waals surface area contributed by atoms with Crippen molar-refractivity contribution >= 4 is 17.5 Å². The summed E-state index contributed by atoms with van der Waals surface area (Å²) in [7, 11) is 1.58. The van der Waals surface area contributed by atoms with E-state index in [0.717, 1.165) is 0 Å². The van der Waals surface area contributed by atoms with E-state index in [-0.39, 0.29) is 35.6 Å². The Morgan fingerprint density at radius 1 is 1.40 bits per heavy atom. The first-order chi connectivity index (χ1) is 11.8. The lowest BCUT2D eigenvalue weighted by Crippen LogP contribution is -2.30. The lowest BCUT2D eigenvalue weighted by molar-refractivity contribution is -0.122. The minimum Gasteiger partial charge on any atom is -0.383 e. The van der Waals surface area contributed by atoms with Crippen molar-refractivity contribution in [2.45, 2.75) is 34.2 Å². The molecule has 1 aliphatic rings. The Bertz CT molecular complexity index is 659. The number of rotatable bonds is 8. The summed E-state index contributed by atoms with van der Waals surface area (Å²) >= 11 is 0. The summed E-state index contributed by atoms with van der Waals surface area (Å²) in [6.07, 6.45) is 5.39. The molecule has 0 bridgehead atoms. The molecule has 2 rings (SSSR count). The molecule has 0 radical (unpaired) electrons. The molecule has 25 heavy (non-hydrogen) atoms. The maximum absolute atomic E-state index is 12.5. The van der Waals surface area contributed by atoms with Crippen LogP contribution in [0.3, 0.4) is 0 Å². The number of anilines is 1. The van der Waals surface area contributed by atoms with Gasteiger partial charge in [-0.05, 0) is 25.2 Å². The molecular weight excluding hydrogens is 320 g/mol. The first-order valence-corrected chi connectivity index (χ1v) is 8.49. The van der Waals surface area contributed by atoms with Gasteiger partial charge in [0.25, 0.3) is 0 Å². The molecular formula is C18H28N4O3. The van der Waals surface area contributed by atoms with E-state index in [9.17, 15) is 9.59 Å². The van der Waals surface area contributed by atoms with Crippen LogP contribution in [-0.2, 0) is 20.9 Å². The quantitative estimate of drug-likeness (QED) is 0.554. The van der Waals surface area contributed by atoms with Gasteiger partial charge in [0, 0.05) is 19.9 Å². The van der Waals surface area contributed by atoms with Gasteiger partial charge in [-0.2, -0.15) is 5.10 Å². The van der Waals surface area contributed by atoms with Crippen molar-refractivity contribution in [2.24, 2.45) is 17.3 Å². The van der Waals surface area contributed by atoms with Gasteiger partial charge in [-0.3, -0.25) is 14.3 Å². The minimum atomic E-state index is -0.148. The van der Waals surface area contributed by atoms with Gasteiger partial charge in [0.1, 0.15) is 6.54 Å². The van der Waals surface area contributed by atoms with Crippen LogP contribution in [0.4, 0.5) is 5.69 Å². The van der Waals surface area contributed by atoms with Crippen LogP contribution in [0.15, 0.2) is 24.0 Å². The third-order valence-electron chi connectivity index (χ3n) is 4.54. The fourth-order valence-electron chi connectivity index (χ4n) is 3.08. The van der Waals surface area contributed by atoms with E-state index in [4.69, 9.17) is 4.74 Å². The van der Waals surface area contributed by atoms with Gasteiger partial charge < -0.3 is 15.4 Å². The van der Waals surface area contributed by atoms with Gasteiger partial charge in [0.2, 0.25) is 11.8 Å². The van der Waals surface area contributed by atoms with Gasteiger partial charge in [0.05, 0.1) is 24.4 Å². The van der Waals surface area contributed by atoms with E-state index in [0.29, 0.717) is 18.8 Å². The molecule has 1 saturated carbocycles. The van der Waals surface area contributed by atoms with Crippen LogP contribution in [0.1, 0.15) is 27.7 Å². The summed E-state index contributed by atoms with van der Waals surface area (Å²) in [5, 5.41) is 9.75. The van der Waals surface area contributed by atoms with Crippen molar-refractivity contribution < 1.29 is 14.3 Å². The van der Waals surface area contributed by atoms with Gasteiger partial charge in [-0.1, -0.05) is 25.5 Å². The summed E-state index contributed by atoms with van der Waals surface area (Å²) in [6.45, 7) is 9.34. The van der Waals surface area contributed by atoms with Gasteiger partial charge in [-0.15, -0.1) is 0 Å². The molecule has 1 fully saturated rings. The number of allylic oxidation sites excluding steroid dienone is 2. The highest BCUT2D eigenvalue weighted by molar-refractivity contribution is 5.95. The Morgan fingerprint density at radius 3 is 2.76 bits per heavy atom. The van der Waals surface area contributed by atoms with Gasteiger partial charge in [-0.25, -0.2) is 0 Å². The molecule has 7 heteroatoms. The molecule has 0 saturated heterocycles. The molecule has 138 valence electrons. The highest BCUT2D eigenvalue weighted by atomic mass is 16.5. The van der Waals surface area contributed by atoms with E-state index < -0.39 is 0 Å². The van der Waals surface area contributed by atoms with Gasteiger partial charge in [0.15, 0.2) is 0 Å². The number of carbonyl (C=O) groups is 2. The fraction of sp³-hybridized carbons (Fsp3) is 0.611. The summed E-state index contributed by atoms with van der Waals surface area (Å²) < 4.78 is 6.38. The third kappa shape index (κ3) is 4.92. The van der Waals surface area contributed by atoms with E-state index in [1.807, 2.05) is 13.8 Å². The molecule has 1 aliphatic carbocycles. The number of aromatic nitrogens is 2. The number of ether oxygens (including phenoxy) is 1. The van der Waals surface area contributed by atoms with Crippen molar-refractivity contribution in [3.05, 3.63) is 24.0 Å². The van der Waals surface area contributed by atoms with Crippen molar-refractivity contribution in [1.29, 1.82) is 0 Å². The Balaban J connectivity index is 1.88. The van der Waals surface area contributed by atoms with Crippen LogP contribution >= 0.6 is 0 Å². The topological polar surface area (TPSA) is 85.2 Å². The lowest BCUT2D eigenvalue weighted by atomic mass is 10.1. The van der Waals surface area contributed by atoms with Crippen molar-refractivity contribution in [3.63, 3.8) is 0 Å². The van der Waals surface area contributed by atoms with Crippen LogP contribution in [0.25, 0.3) is 0 Å². The number of nitrogens with one attached hydrogen (secondary N) is 2. The van der Waals surface area contributed by atoms with Crippen LogP contribution in [0, 0.1) is 17.3 Å². The summed E-state index contributed by atoms with van der Waals surface area (Å²) in [5.74, 6) is 0.0729. The standard InChI is InChI=1S/C18H28N4O3/c1-12(2)8-14-16(18(14,3)4)17(24)21-13-9-20-22(10-13)11-15(23)19-6-7-25-5/h8-10,14,16H,6-7,11H2,1-5H3,(H,19,23)(H,21,24)/t14-,16-/m0/s1. The van der Waals surface area contributed by atoms with E-state index in [1.54, 1.807) is 19.5 Å². The van der Waals surface area contributed by atoms with Crippen molar-refractivity contribution in [3.8, 4) is 0 Å². The third-order valence-corrected chi connectivity index (χ3v) is 4.54. The zero-order chi connectivity index (χ0) is 18.6. The van der Waals surface area contributed by atoms with Crippen molar-refractivity contribution in [1.82, 2.24) is 15.1 Å². The van der Waals surface area contributed by atoms with Crippen LogP contribution in [0.2, 0.25) is 0 Å². The molecule has 0 spiro atoms. The molecule has 1 heterocycles. The maximum Gasteiger partial charge on any atom is 0.241 e. The summed E-state index contributed by atoms with van der Waals surface area (Å²) in [5.41, 5.74) is 1.80. The first kappa shape index (κ1) is 19.2. The smallest absolute Gasteiger partial charge is 0.241 e. The highest BCUT2D eigenvalue weighted by Gasteiger charge is 2.60. The zero-order valence-corrected chi connectivity index (χ0v) is 15.6. The number of hydrogen-bond acceptors (Lipinski definition) is 4. The second-order valence-electron chi connectivity index (χ2n) is 7.33. The Hall–Kier alpha value is -2.15. The summed E-state index contributed by atoms with van der Waals surface area (Å²) in [6, 6.07) is 0. The second-order valence-corrected chi connectivity index (χ2v) is 7.33.